The van der Waals surface area contributed by atoms with E-state index in [1.54, 1.807) is 24.3 Å². The number of hydrogen-bond acceptors (Lipinski definition) is 7. The van der Waals surface area contributed by atoms with Crippen molar-refractivity contribution < 1.29 is 20.1 Å². The van der Waals surface area contributed by atoms with Crippen molar-refractivity contribution in [3.05, 3.63) is 154 Å². The molecular weight excluding hydrogens is 679 g/mol. The Morgan fingerprint density at radius 2 is 1.48 bits per heavy atom. The maximum absolute atomic E-state index is 11.6. The SMILES string of the molecule is O=C(O)Nc1ccccc1-c1ccccc1.O=c1ccc2c([C@@H](O)CNCCc3ccc(Nc4ccccc4CN4CCCCC4)cc3)ccc(O)c2[nH]1. The molecule has 1 aliphatic rings. The third-order valence-corrected chi connectivity index (χ3v) is 9.54. The van der Waals surface area contributed by atoms with Crippen LogP contribution in [0, 0.1) is 0 Å². The summed E-state index contributed by atoms with van der Waals surface area (Å²) in [4.78, 5) is 27.4. The van der Waals surface area contributed by atoms with Crippen molar-refractivity contribution in [2.45, 2.75) is 38.3 Å². The second-order valence-corrected chi connectivity index (χ2v) is 13.4. The molecule has 10 nitrogen and oxygen atoms in total. The number of aromatic amines is 1. The van der Waals surface area contributed by atoms with Gasteiger partial charge in [-0.25, -0.2) is 4.79 Å². The number of fused-ring (bicyclic) bond motifs is 1. The number of phenolic OH excluding ortho intramolecular Hbond substituents is 1. The average molecular weight is 726 g/mol. The van der Waals surface area contributed by atoms with E-state index in [0.29, 0.717) is 28.7 Å². The Kier molecular flexibility index (Phi) is 13.1. The number of nitrogens with zero attached hydrogens (tertiary/aromatic N) is 1. The van der Waals surface area contributed by atoms with Gasteiger partial charge in [-0.05, 0) is 97.5 Å². The van der Waals surface area contributed by atoms with Crippen LogP contribution in [0.4, 0.5) is 21.9 Å². The van der Waals surface area contributed by atoms with Gasteiger partial charge in [-0.3, -0.25) is 15.0 Å². The minimum Gasteiger partial charge on any atom is -0.506 e. The molecule has 54 heavy (non-hydrogen) atoms. The summed E-state index contributed by atoms with van der Waals surface area (Å²) in [7, 11) is 0. The molecule has 0 spiro atoms. The number of hydrogen-bond donors (Lipinski definition) is 7. The highest BCUT2D eigenvalue weighted by molar-refractivity contribution is 5.90. The fourth-order valence-electron chi connectivity index (χ4n) is 6.76. The number of rotatable bonds is 12. The third-order valence-electron chi connectivity index (χ3n) is 9.54. The van der Waals surface area contributed by atoms with Crippen LogP contribution in [0.5, 0.6) is 5.75 Å². The van der Waals surface area contributed by atoms with Gasteiger partial charge in [0.25, 0.3) is 0 Å². The summed E-state index contributed by atoms with van der Waals surface area (Å²) < 4.78 is 0. The third kappa shape index (κ3) is 10.3. The van der Waals surface area contributed by atoms with Crippen LogP contribution in [0.25, 0.3) is 22.0 Å². The highest BCUT2D eigenvalue weighted by Gasteiger charge is 2.15. The van der Waals surface area contributed by atoms with Crippen LogP contribution in [-0.2, 0) is 13.0 Å². The van der Waals surface area contributed by atoms with E-state index in [-0.39, 0.29) is 11.3 Å². The first kappa shape index (κ1) is 37.8. The van der Waals surface area contributed by atoms with Crippen molar-refractivity contribution in [2.75, 3.05) is 36.8 Å². The summed E-state index contributed by atoms with van der Waals surface area (Å²) in [6.07, 6.45) is 2.95. The van der Waals surface area contributed by atoms with Crippen molar-refractivity contribution in [3.63, 3.8) is 0 Å². The van der Waals surface area contributed by atoms with Crippen LogP contribution in [0.2, 0.25) is 0 Å². The summed E-state index contributed by atoms with van der Waals surface area (Å²) in [6, 6.07) is 40.3. The minimum absolute atomic E-state index is 0.00923. The summed E-state index contributed by atoms with van der Waals surface area (Å²) in [5, 5.41) is 39.5. The van der Waals surface area contributed by atoms with E-state index in [1.165, 1.54) is 55.6 Å². The number of aliphatic hydroxyl groups is 1. The monoisotopic (exact) mass is 725 g/mol. The number of aliphatic hydroxyl groups excluding tert-OH is 1. The van der Waals surface area contributed by atoms with Gasteiger partial charge in [-0.1, -0.05) is 91.3 Å². The first-order valence-electron chi connectivity index (χ1n) is 18.4. The number of aromatic hydroxyl groups is 1. The molecule has 1 saturated heterocycles. The maximum atomic E-state index is 11.6. The number of piperidine rings is 1. The molecule has 0 bridgehead atoms. The molecule has 278 valence electrons. The Bertz CT molecular complexity index is 2180. The van der Waals surface area contributed by atoms with Gasteiger partial charge in [0.05, 0.1) is 17.3 Å². The summed E-state index contributed by atoms with van der Waals surface area (Å²) in [6.45, 7) is 4.43. The van der Waals surface area contributed by atoms with Crippen LogP contribution >= 0.6 is 0 Å². The zero-order valence-corrected chi connectivity index (χ0v) is 30.2. The smallest absolute Gasteiger partial charge is 0.409 e. The molecule has 6 aromatic rings. The van der Waals surface area contributed by atoms with Gasteiger partial charge in [0, 0.05) is 41.5 Å². The lowest BCUT2D eigenvalue weighted by atomic mass is 10.0. The van der Waals surface area contributed by atoms with Crippen LogP contribution in [0.1, 0.15) is 42.1 Å². The van der Waals surface area contributed by atoms with Crippen molar-refractivity contribution in [1.82, 2.24) is 15.2 Å². The first-order valence-corrected chi connectivity index (χ1v) is 18.4. The number of nitrogens with one attached hydrogen (secondary N) is 4. The molecule has 0 radical (unpaired) electrons. The van der Waals surface area contributed by atoms with Gasteiger partial charge in [-0.15, -0.1) is 0 Å². The van der Waals surface area contributed by atoms with Gasteiger partial charge >= 0.3 is 6.09 Å². The van der Waals surface area contributed by atoms with E-state index >= 15 is 0 Å². The fourth-order valence-corrected chi connectivity index (χ4v) is 6.76. The zero-order chi connectivity index (χ0) is 37.7. The van der Waals surface area contributed by atoms with E-state index in [1.807, 2.05) is 42.5 Å². The molecule has 10 heteroatoms. The number of phenols is 1. The second kappa shape index (κ2) is 18.7. The van der Waals surface area contributed by atoms with Crippen LogP contribution < -0.4 is 21.5 Å². The lowest BCUT2D eigenvalue weighted by Gasteiger charge is -2.27. The van der Waals surface area contributed by atoms with E-state index in [9.17, 15) is 19.8 Å². The van der Waals surface area contributed by atoms with Crippen molar-refractivity contribution >= 4 is 34.1 Å². The number of amides is 1. The van der Waals surface area contributed by atoms with Crippen LogP contribution in [-0.4, -0.2) is 57.5 Å². The maximum Gasteiger partial charge on any atom is 0.409 e. The average Bonchev–Trinajstić information content (AvgIpc) is 3.19. The van der Waals surface area contributed by atoms with E-state index in [4.69, 9.17) is 5.11 Å². The Morgan fingerprint density at radius 1 is 0.778 bits per heavy atom. The van der Waals surface area contributed by atoms with Crippen molar-refractivity contribution in [1.29, 1.82) is 0 Å². The molecule has 0 saturated carbocycles. The quantitative estimate of drug-likeness (QED) is 0.0624. The molecule has 1 amide bonds. The predicted molar refractivity (Wildman–Crippen MR) is 217 cm³/mol. The largest absolute Gasteiger partial charge is 0.506 e. The Morgan fingerprint density at radius 3 is 2.24 bits per heavy atom. The highest BCUT2D eigenvalue weighted by atomic mass is 16.4. The zero-order valence-electron chi connectivity index (χ0n) is 30.2. The highest BCUT2D eigenvalue weighted by Crippen LogP contribution is 2.29. The standard InChI is InChI=1S/C31H36N4O3.C13H11NO2/c36-28-14-12-25(26-13-15-30(38)34-31(26)28)29(37)20-32-17-16-22-8-10-24(11-9-22)33-27-7-3-2-6-23(27)21-35-18-4-1-5-19-35;15-13(16)14-12-9-5-4-8-11(12)10-6-2-1-3-7-10/h2-3,6-15,29,32-33,36-37H,1,4-5,16-21H2,(H,34,38);1-9,14H,(H,15,16)/t29-;/m0./s1. The number of H-pyrrole nitrogens is 1. The number of pyridine rings is 1. The van der Waals surface area contributed by atoms with E-state index in [0.717, 1.165) is 42.0 Å². The molecule has 1 aliphatic heterocycles. The predicted octanol–water partition coefficient (Wildman–Crippen LogP) is 8.27. The number of benzene rings is 5. The van der Waals surface area contributed by atoms with Crippen molar-refractivity contribution in [3.8, 4) is 16.9 Å². The van der Waals surface area contributed by atoms with E-state index in [2.05, 4.69) is 74.4 Å². The molecule has 5 aromatic carbocycles. The molecule has 1 fully saturated rings. The van der Waals surface area contributed by atoms with Crippen molar-refractivity contribution in [2.24, 2.45) is 0 Å². The Balaban J connectivity index is 0.000000259. The molecule has 0 aliphatic carbocycles. The summed E-state index contributed by atoms with van der Waals surface area (Å²) >= 11 is 0. The van der Waals surface area contributed by atoms with Gasteiger partial charge < -0.3 is 30.9 Å². The lowest BCUT2D eigenvalue weighted by Crippen LogP contribution is -2.29. The lowest BCUT2D eigenvalue weighted by molar-refractivity contribution is 0.176. The molecular formula is C44H47N5O5. The summed E-state index contributed by atoms with van der Waals surface area (Å²) in [5.41, 5.74) is 7.96. The van der Waals surface area contributed by atoms with Crippen LogP contribution in [0.15, 0.2) is 132 Å². The minimum atomic E-state index is -1.05. The van der Waals surface area contributed by atoms with Gasteiger partial charge in [-0.2, -0.15) is 0 Å². The molecule has 1 atom stereocenters. The Labute approximate surface area is 315 Å². The fraction of sp³-hybridized carbons (Fsp3) is 0.227. The first-order chi connectivity index (χ1) is 26.3. The van der Waals surface area contributed by atoms with Gasteiger partial charge in [0.2, 0.25) is 5.56 Å². The van der Waals surface area contributed by atoms with Crippen LogP contribution in [0.3, 0.4) is 0 Å². The van der Waals surface area contributed by atoms with E-state index < -0.39 is 12.2 Å². The number of anilines is 3. The molecule has 1 aromatic heterocycles. The topological polar surface area (TPSA) is 150 Å². The molecule has 2 heterocycles. The normalized spacial score (nSPS) is 13.4. The van der Waals surface area contributed by atoms with Gasteiger partial charge in [0.15, 0.2) is 0 Å². The molecule has 7 N–H and O–H groups in total. The number of carboxylic acid groups (broad SMARTS) is 1. The Hall–Kier alpha value is -5.94. The molecule has 7 rings (SSSR count). The number of para-hydroxylation sites is 2. The summed E-state index contributed by atoms with van der Waals surface area (Å²) in [5.74, 6) is -0.00923. The van der Waals surface area contributed by atoms with Gasteiger partial charge in [0.1, 0.15) is 5.75 Å². The number of aromatic nitrogens is 1. The number of likely N-dealkylation sites (tertiary alicyclic amines) is 1. The second-order valence-electron chi connectivity index (χ2n) is 13.4. The molecule has 0 unspecified atom stereocenters. The number of carbonyl (C=O) groups is 1.